The summed E-state index contributed by atoms with van der Waals surface area (Å²) in [6.45, 7) is 8.66. The molecule has 5 nitrogen and oxygen atoms in total. The van der Waals surface area contributed by atoms with Gasteiger partial charge < -0.3 is 9.84 Å². The first-order valence-electron chi connectivity index (χ1n) is 7.49. The lowest BCUT2D eigenvalue weighted by Gasteiger charge is -2.38. The van der Waals surface area contributed by atoms with Crippen LogP contribution < -0.4 is 4.74 Å². The zero-order chi connectivity index (χ0) is 15.4. The molecular weight excluding hydrogens is 268 g/mol. The van der Waals surface area contributed by atoms with E-state index < -0.39 is 5.97 Å². The van der Waals surface area contributed by atoms with E-state index in [4.69, 9.17) is 9.84 Å². The molecule has 2 aliphatic carbocycles. The van der Waals surface area contributed by atoms with Crippen LogP contribution in [0.2, 0.25) is 0 Å². The quantitative estimate of drug-likeness (QED) is 0.926. The van der Waals surface area contributed by atoms with Crippen molar-refractivity contribution < 1.29 is 14.6 Å². The van der Waals surface area contributed by atoms with Crippen molar-refractivity contribution in [2.24, 2.45) is 16.7 Å². The SMILES string of the molecule is Cc1cc(C(=O)O)nc(OC2CC3CCC2(C)C3(C)C)n1. The highest BCUT2D eigenvalue weighted by atomic mass is 16.5. The fourth-order valence-corrected chi connectivity index (χ4v) is 4.14. The fourth-order valence-electron chi connectivity index (χ4n) is 4.14. The Morgan fingerprint density at radius 2 is 2.10 bits per heavy atom. The number of carbonyl (C=O) groups is 1. The van der Waals surface area contributed by atoms with Crippen LogP contribution in [0.5, 0.6) is 6.01 Å². The number of ether oxygens (including phenoxy) is 1. The Labute approximate surface area is 124 Å². The summed E-state index contributed by atoms with van der Waals surface area (Å²) in [6, 6.07) is 1.66. The van der Waals surface area contributed by atoms with Crippen LogP contribution in [0.25, 0.3) is 0 Å². The van der Waals surface area contributed by atoms with Gasteiger partial charge in [-0.1, -0.05) is 20.8 Å². The molecule has 0 radical (unpaired) electrons. The lowest BCUT2D eigenvalue weighted by molar-refractivity contribution is 0.0237. The number of rotatable bonds is 3. The van der Waals surface area contributed by atoms with Gasteiger partial charge in [0.2, 0.25) is 0 Å². The molecule has 5 heteroatoms. The van der Waals surface area contributed by atoms with E-state index in [1.54, 1.807) is 6.92 Å². The maximum Gasteiger partial charge on any atom is 0.354 e. The number of nitrogens with zero attached hydrogens (tertiary/aromatic N) is 2. The van der Waals surface area contributed by atoms with Crippen molar-refractivity contribution in [1.29, 1.82) is 0 Å². The van der Waals surface area contributed by atoms with E-state index in [0.717, 1.165) is 12.8 Å². The summed E-state index contributed by atoms with van der Waals surface area (Å²) in [6.07, 6.45) is 3.46. The molecule has 114 valence electrons. The van der Waals surface area contributed by atoms with Crippen molar-refractivity contribution in [1.82, 2.24) is 9.97 Å². The molecule has 2 bridgehead atoms. The van der Waals surface area contributed by atoms with Crippen LogP contribution in [-0.2, 0) is 0 Å². The van der Waals surface area contributed by atoms with E-state index >= 15 is 0 Å². The van der Waals surface area contributed by atoms with Crippen LogP contribution in [0.4, 0.5) is 0 Å². The summed E-state index contributed by atoms with van der Waals surface area (Å²) in [7, 11) is 0. The number of carboxylic acid groups (broad SMARTS) is 1. The molecular formula is C16H22N2O3. The zero-order valence-corrected chi connectivity index (χ0v) is 13.0. The molecule has 1 aromatic rings. The Morgan fingerprint density at radius 3 is 2.62 bits per heavy atom. The van der Waals surface area contributed by atoms with Gasteiger partial charge in [0.05, 0.1) is 0 Å². The minimum Gasteiger partial charge on any atom is -0.477 e. The molecule has 1 aromatic heterocycles. The van der Waals surface area contributed by atoms with Gasteiger partial charge in [0.1, 0.15) is 6.10 Å². The molecule has 2 fully saturated rings. The third kappa shape index (κ3) is 2.01. The van der Waals surface area contributed by atoms with Crippen LogP contribution in [0.1, 0.15) is 56.2 Å². The molecule has 2 saturated carbocycles. The standard InChI is InChI=1S/C16H22N2O3/c1-9-7-11(13(19)20)18-14(17-9)21-12-8-10-5-6-16(12,4)15(10,2)3/h7,10,12H,5-6,8H2,1-4H3,(H,19,20). The largest absolute Gasteiger partial charge is 0.477 e. The minimum atomic E-state index is -1.05. The van der Waals surface area contributed by atoms with Gasteiger partial charge in [-0.05, 0) is 43.6 Å². The summed E-state index contributed by atoms with van der Waals surface area (Å²) in [5, 5.41) is 9.09. The van der Waals surface area contributed by atoms with Crippen molar-refractivity contribution in [2.45, 2.75) is 53.1 Å². The second-order valence-electron chi connectivity index (χ2n) is 7.20. The summed E-state index contributed by atoms with van der Waals surface area (Å²) in [5.74, 6) is -0.388. The van der Waals surface area contributed by atoms with Gasteiger partial charge in [0.15, 0.2) is 5.69 Å². The van der Waals surface area contributed by atoms with Gasteiger partial charge in [-0.2, -0.15) is 4.98 Å². The van der Waals surface area contributed by atoms with Gasteiger partial charge >= 0.3 is 12.0 Å². The Kier molecular flexibility index (Phi) is 3.01. The third-order valence-electron chi connectivity index (χ3n) is 6.01. The first kappa shape index (κ1) is 14.3. The highest BCUT2D eigenvalue weighted by molar-refractivity contribution is 5.85. The summed E-state index contributed by atoms with van der Waals surface area (Å²) in [5.41, 5.74) is 0.959. The number of fused-ring (bicyclic) bond motifs is 2. The summed E-state index contributed by atoms with van der Waals surface area (Å²) >= 11 is 0. The molecule has 0 spiro atoms. The van der Waals surface area contributed by atoms with Crippen molar-refractivity contribution in [2.75, 3.05) is 0 Å². The number of aryl methyl sites for hydroxylation is 1. The monoisotopic (exact) mass is 290 g/mol. The normalized spacial score (nSPS) is 33.1. The predicted molar refractivity (Wildman–Crippen MR) is 77.4 cm³/mol. The molecule has 0 saturated heterocycles. The van der Waals surface area contributed by atoms with E-state index in [1.165, 1.54) is 12.5 Å². The molecule has 1 N–H and O–H groups in total. The molecule has 21 heavy (non-hydrogen) atoms. The molecule has 0 aromatic carbocycles. The van der Waals surface area contributed by atoms with Crippen molar-refractivity contribution in [3.05, 3.63) is 17.5 Å². The van der Waals surface area contributed by atoms with Gasteiger partial charge in [-0.25, -0.2) is 9.78 Å². The third-order valence-corrected chi connectivity index (χ3v) is 6.01. The van der Waals surface area contributed by atoms with E-state index in [9.17, 15) is 4.79 Å². The molecule has 2 aliphatic rings. The highest BCUT2D eigenvalue weighted by Crippen LogP contribution is 2.66. The van der Waals surface area contributed by atoms with Gasteiger partial charge in [0.25, 0.3) is 0 Å². The minimum absolute atomic E-state index is 0.00919. The molecule has 3 atom stereocenters. The number of aromatic nitrogens is 2. The molecule has 0 aliphatic heterocycles. The fraction of sp³-hybridized carbons (Fsp3) is 0.688. The lowest BCUT2D eigenvalue weighted by atomic mass is 9.70. The Bertz CT molecular complexity index is 599. The topological polar surface area (TPSA) is 72.3 Å². The number of carboxylic acids is 1. The van der Waals surface area contributed by atoms with Crippen LogP contribution in [0, 0.1) is 23.7 Å². The second kappa shape index (κ2) is 4.42. The molecule has 0 amide bonds. The lowest BCUT2D eigenvalue weighted by Crippen LogP contribution is -2.39. The van der Waals surface area contributed by atoms with Crippen LogP contribution in [-0.4, -0.2) is 27.1 Å². The van der Waals surface area contributed by atoms with Crippen molar-refractivity contribution in [3.8, 4) is 6.01 Å². The van der Waals surface area contributed by atoms with E-state index in [-0.39, 0.29) is 28.6 Å². The summed E-state index contributed by atoms with van der Waals surface area (Å²) in [4.78, 5) is 19.4. The number of aromatic carboxylic acids is 1. The first-order chi connectivity index (χ1) is 9.74. The average molecular weight is 290 g/mol. The maximum absolute atomic E-state index is 11.1. The van der Waals surface area contributed by atoms with E-state index in [0.29, 0.717) is 11.6 Å². The molecule has 3 unspecified atom stereocenters. The van der Waals surface area contributed by atoms with Gasteiger partial charge in [-0.15, -0.1) is 0 Å². The highest BCUT2D eigenvalue weighted by Gasteiger charge is 2.62. The smallest absolute Gasteiger partial charge is 0.354 e. The first-order valence-corrected chi connectivity index (χ1v) is 7.49. The van der Waals surface area contributed by atoms with Crippen molar-refractivity contribution >= 4 is 5.97 Å². The van der Waals surface area contributed by atoms with Gasteiger partial charge in [-0.3, -0.25) is 0 Å². The zero-order valence-electron chi connectivity index (χ0n) is 13.0. The van der Waals surface area contributed by atoms with Crippen LogP contribution >= 0.6 is 0 Å². The molecule has 3 rings (SSSR count). The Balaban J connectivity index is 1.87. The van der Waals surface area contributed by atoms with Gasteiger partial charge in [0, 0.05) is 11.1 Å². The van der Waals surface area contributed by atoms with Crippen LogP contribution in [0.3, 0.4) is 0 Å². The number of hydrogen-bond donors (Lipinski definition) is 1. The number of hydrogen-bond acceptors (Lipinski definition) is 4. The van der Waals surface area contributed by atoms with E-state index in [2.05, 4.69) is 30.7 Å². The second-order valence-corrected chi connectivity index (χ2v) is 7.20. The molecule has 1 heterocycles. The Hall–Kier alpha value is -1.65. The van der Waals surface area contributed by atoms with Crippen molar-refractivity contribution in [3.63, 3.8) is 0 Å². The maximum atomic E-state index is 11.1. The predicted octanol–water partition coefficient (Wildman–Crippen LogP) is 3.08. The Morgan fingerprint density at radius 1 is 1.38 bits per heavy atom. The average Bonchev–Trinajstić information content (AvgIpc) is 2.71. The van der Waals surface area contributed by atoms with Crippen LogP contribution in [0.15, 0.2) is 6.07 Å². The van der Waals surface area contributed by atoms with E-state index in [1.807, 2.05) is 0 Å². The summed E-state index contributed by atoms with van der Waals surface area (Å²) < 4.78 is 6.03.